The molecule has 0 fully saturated rings. The number of thiophene rings is 1. The van der Waals surface area contributed by atoms with E-state index in [0.717, 1.165) is 46.5 Å². The summed E-state index contributed by atoms with van der Waals surface area (Å²) in [7, 11) is 0. The van der Waals surface area contributed by atoms with Crippen LogP contribution in [0.25, 0.3) is 10.2 Å². The second-order valence-corrected chi connectivity index (χ2v) is 9.72. The maximum absolute atomic E-state index is 12.6. The van der Waals surface area contributed by atoms with Gasteiger partial charge in [-0.3, -0.25) is 9.59 Å². The number of nitrogens with zero attached hydrogens (tertiary/aromatic N) is 1. The van der Waals surface area contributed by atoms with E-state index >= 15 is 0 Å². The van der Waals surface area contributed by atoms with Gasteiger partial charge in [0.2, 0.25) is 5.91 Å². The SMILES string of the molecule is O=C(CSc1nc2sc3c(c2c(=O)[nH]1)CCCC3)Nc1ccc(Nc2ccccc2)cc1. The van der Waals surface area contributed by atoms with Gasteiger partial charge in [-0.2, -0.15) is 0 Å². The van der Waals surface area contributed by atoms with Crippen LogP contribution in [0.1, 0.15) is 23.3 Å². The maximum atomic E-state index is 12.6. The third kappa shape index (κ3) is 4.56. The molecular formula is C24H22N4O2S2. The van der Waals surface area contributed by atoms with E-state index in [1.54, 1.807) is 11.3 Å². The van der Waals surface area contributed by atoms with Gasteiger partial charge in [-0.25, -0.2) is 4.98 Å². The van der Waals surface area contributed by atoms with E-state index in [4.69, 9.17) is 0 Å². The number of H-pyrrole nitrogens is 1. The monoisotopic (exact) mass is 462 g/mol. The van der Waals surface area contributed by atoms with Crippen molar-refractivity contribution >= 4 is 56.3 Å². The molecule has 0 aliphatic heterocycles. The molecule has 0 bridgehead atoms. The van der Waals surface area contributed by atoms with Crippen LogP contribution in [0.3, 0.4) is 0 Å². The number of amides is 1. The zero-order valence-corrected chi connectivity index (χ0v) is 18.9. The summed E-state index contributed by atoms with van der Waals surface area (Å²) in [5, 5.41) is 7.42. The molecule has 32 heavy (non-hydrogen) atoms. The van der Waals surface area contributed by atoms with Crippen molar-refractivity contribution < 1.29 is 4.79 Å². The Kier molecular flexibility index (Phi) is 5.96. The lowest BCUT2D eigenvalue weighted by molar-refractivity contribution is -0.113. The number of benzene rings is 2. The van der Waals surface area contributed by atoms with Gasteiger partial charge in [0.15, 0.2) is 5.16 Å². The second-order valence-electron chi connectivity index (χ2n) is 7.67. The van der Waals surface area contributed by atoms with Crippen molar-refractivity contribution in [3.05, 3.63) is 75.4 Å². The lowest BCUT2D eigenvalue weighted by atomic mass is 9.97. The quantitative estimate of drug-likeness (QED) is 0.266. The highest BCUT2D eigenvalue weighted by atomic mass is 32.2. The number of aryl methyl sites for hydroxylation is 2. The predicted octanol–water partition coefficient (Wildman–Crippen LogP) is 5.34. The molecule has 0 saturated carbocycles. The third-order valence-corrected chi connectivity index (χ3v) is 7.43. The highest BCUT2D eigenvalue weighted by Crippen LogP contribution is 2.34. The molecule has 1 aliphatic carbocycles. The first-order valence-corrected chi connectivity index (χ1v) is 12.4. The van der Waals surface area contributed by atoms with Gasteiger partial charge in [0.1, 0.15) is 4.83 Å². The van der Waals surface area contributed by atoms with Crippen LogP contribution in [0, 0.1) is 0 Å². The highest BCUT2D eigenvalue weighted by molar-refractivity contribution is 7.99. The summed E-state index contributed by atoms with van der Waals surface area (Å²) < 4.78 is 0. The van der Waals surface area contributed by atoms with Crippen molar-refractivity contribution in [3.63, 3.8) is 0 Å². The fourth-order valence-corrected chi connectivity index (χ4v) is 5.85. The van der Waals surface area contributed by atoms with E-state index in [9.17, 15) is 9.59 Å². The van der Waals surface area contributed by atoms with Crippen molar-refractivity contribution in [2.75, 3.05) is 16.4 Å². The van der Waals surface area contributed by atoms with Gasteiger partial charge in [0, 0.05) is 21.9 Å². The average Bonchev–Trinajstić information content (AvgIpc) is 3.19. The molecule has 0 unspecified atom stereocenters. The van der Waals surface area contributed by atoms with Gasteiger partial charge >= 0.3 is 0 Å². The summed E-state index contributed by atoms with van der Waals surface area (Å²) in [6.45, 7) is 0. The molecule has 1 amide bonds. The Hall–Kier alpha value is -3.10. The van der Waals surface area contributed by atoms with Crippen molar-refractivity contribution in [3.8, 4) is 0 Å². The van der Waals surface area contributed by atoms with E-state index < -0.39 is 0 Å². The van der Waals surface area contributed by atoms with Crippen LogP contribution in [-0.4, -0.2) is 21.6 Å². The van der Waals surface area contributed by atoms with Crippen LogP contribution in [0.2, 0.25) is 0 Å². The summed E-state index contributed by atoms with van der Waals surface area (Å²) in [5.74, 6) is 0.0239. The molecular weight excluding hydrogens is 440 g/mol. The molecule has 162 valence electrons. The number of nitrogens with one attached hydrogen (secondary N) is 3. The van der Waals surface area contributed by atoms with Gasteiger partial charge in [-0.15, -0.1) is 11.3 Å². The molecule has 0 radical (unpaired) electrons. The molecule has 0 atom stereocenters. The minimum atomic E-state index is -0.146. The first kappa shape index (κ1) is 20.8. The Bertz CT molecular complexity index is 1310. The Morgan fingerprint density at radius 3 is 2.53 bits per heavy atom. The van der Waals surface area contributed by atoms with E-state index in [-0.39, 0.29) is 17.2 Å². The molecule has 6 nitrogen and oxygen atoms in total. The molecule has 2 heterocycles. The number of carbonyl (C=O) groups is 1. The van der Waals surface area contributed by atoms with Crippen molar-refractivity contribution in [1.82, 2.24) is 9.97 Å². The number of rotatable bonds is 6. The van der Waals surface area contributed by atoms with Crippen LogP contribution in [-0.2, 0) is 17.6 Å². The Morgan fingerprint density at radius 1 is 1.00 bits per heavy atom. The topological polar surface area (TPSA) is 86.9 Å². The number of anilines is 3. The largest absolute Gasteiger partial charge is 0.356 e. The van der Waals surface area contributed by atoms with Crippen LogP contribution < -0.4 is 16.2 Å². The predicted molar refractivity (Wildman–Crippen MR) is 132 cm³/mol. The molecule has 3 N–H and O–H groups in total. The lowest BCUT2D eigenvalue weighted by Gasteiger charge is -2.09. The van der Waals surface area contributed by atoms with Crippen LogP contribution in [0.15, 0.2) is 64.5 Å². The van der Waals surface area contributed by atoms with E-state index in [1.165, 1.54) is 28.6 Å². The molecule has 2 aromatic heterocycles. The van der Waals surface area contributed by atoms with E-state index in [2.05, 4.69) is 20.6 Å². The second kappa shape index (κ2) is 9.18. The number of thioether (sulfide) groups is 1. The zero-order chi connectivity index (χ0) is 21.9. The Morgan fingerprint density at radius 2 is 1.72 bits per heavy atom. The fourth-order valence-electron chi connectivity index (χ4n) is 3.87. The summed E-state index contributed by atoms with van der Waals surface area (Å²) >= 11 is 2.86. The molecule has 2 aromatic carbocycles. The fraction of sp³-hybridized carbons (Fsp3) is 0.208. The number of hydrogen-bond donors (Lipinski definition) is 3. The smallest absolute Gasteiger partial charge is 0.260 e. The Balaban J connectivity index is 1.20. The van der Waals surface area contributed by atoms with Crippen LogP contribution in [0.4, 0.5) is 17.1 Å². The van der Waals surface area contributed by atoms with Crippen molar-refractivity contribution in [2.24, 2.45) is 0 Å². The van der Waals surface area contributed by atoms with Gasteiger partial charge in [-0.1, -0.05) is 30.0 Å². The lowest BCUT2D eigenvalue weighted by Crippen LogP contribution is -2.15. The highest BCUT2D eigenvalue weighted by Gasteiger charge is 2.20. The van der Waals surface area contributed by atoms with Gasteiger partial charge in [0.25, 0.3) is 5.56 Å². The molecule has 4 aromatic rings. The van der Waals surface area contributed by atoms with Crippen molar-refractivity contribution in [2.45, 2.75) is 30.8 Å². The summed E-state index contributed by atoms with van der Waals surface area (Å²) in [6.07, 6.45) is 4.27. The number of carbonyl (C=O) groups excluding carboxylic acids is 1. The maximum Gasteiger partial charge on any atom is 0.260 e. The number of aromatic amines is 1. The Labute approximate surface area is 193 Å². The normalized spacial score (nSPS) is 13.0. The third-order valence-electron chi connectivity index (χ3n) is 5.37. The summed E-state index contributed by atoms with van der Waals surface area (Å²) in [5.41, 5.74) is 3.74. The number of aromatic nitrogens is 2. The van der Waals surface area contributed by atoms with Crippen LogP contribution >= 0.6 is 23.1 Å². The number of fused-ring (bicyclic) bond motifs is 3. The van der Waals surface area contributed by atoms with E-state index in [0.29, 0.717) is 5.16 Å². The summed E-state index contributed by atoms with van der Waals surface area (Å²) in [4.78, 5) is 34.6. The minimum absolute atomic E-state index is 0.0983. The van der Waals surface area contributed by atoms with Gasteiger partial charge in [-0.05, 0) is 67.6 Å². The van der Waals surface area contributed by atoms with Crippen molar-refractivity contribution in [1.29, 1.82) is 0 Å². The number of para-hydroxylation sites is 1. The minimum Gasteiger partial charge on any atom is -0.356 e. The zero-order valence-electron chi connectivity index (χ0n) is 17.3. The van der Waals surface area contributed by atoms with E-state index in [1.807, 2.05) is 54.6 Å². The molecule has 0 saturated heterocycles. The number of hydrogen-bond acceptors (Lipinski definition) is 6. The molecule has 5 rings (SSSR count). The first-order chi connectivity index (χ1) is 15.7. The molecule has 1 aliphatic rings. The summed E-state index contributed by atoms with van der Waals surface area (Å²) in [6, 6.07) is 17.5. The van der Waals surface area contributed by atoms with Gasteiger partial charge in [0.05, 0.1) is 11.1 Å². The van der Waals surface area contributed by atoms with Crippen LogP contribution in [0.5, 0.6) is 0 Å². The molecule has 0 spiro atoms. The standard InChI is InChI=1S/C24H22N4O2S2/c29-20(26-17-12-10-16(11-13-17)25-15-6-2-1-3-7-15)14-31-24-27-22(30)21-18-8-4-5-9-19(18)32-23(21)28-24/h1-3,6-7,10-13,25H,4-5,8-9,14H2,(H,26,29)(H,27,28,30). The first-order valence-electron chi connectivity index (χ1n) is 10.5. The molecule has 8 heteroatoms. The van der Waals surface area contributed by atoms with Gasteiger partial charge < -0.3 is 15.6 Å². The average molecular weight is 463 g/mol.